The molecule has 1 aliphatic carbocycles. The minimum absolute atomic E-state index is 0.175. The maximum Gasteiger partial charge on any atom is 0.227 e. The Morgan fingerprint density at radius 2 is 2.11 bits per heavy atom. The summed E-state index contributed by atoms with van der Waals surface area (Å²) < 4.78 is 1.64. The van der Waals surface area contributed by atoms with Gasteiger partial charge in [-0.15, -0.1) is 5.10 Å². The highest BCUT2D eigenvalue weighted by molar-refractivity contribution is 5.95. The zero-order valence-corrected chi connectivity index (χ0v) is 14.9. The van der Waals surface area contributed by atoms with Crippen LogP contribution in [0, 0.1) is 0 Å². The number of nitrogens with two attached hydrogens (primary N) is 1. The van der Waals surface area contributed by atoms with Gasteiger partial charge in [-0.1, -0.05) is 6.07 Å². The molecule has 1 aromatic carbocycles. The second-order valence-electron chi connectivity index (χ2n) is 7.10. The molecule has 0 bridgehead atoms. The minimum atomic E-state index is 0.175. The summed E-state index contributed by atoms with van der Waals surface area (Å²) in [5, 5.41) is 11.4. The van der Waals surface area contributed by atoms with Crippen molar-refractivity contribution in [1.82, 2.24) is 14.6 Å². The van der Waals surface area contributed by atoms with Crippen LogP contribution in [0.4, 0.5) is 28.7 Å². The summed E-state index contributed by atoms with van der Waals surface area (Å²) in [6, 6.07) is 10.3. The first kappa shape index (κ1) is 15.9. The lowest BCUT2D eigenvalue weighted by atomic mass is 10.2. The summed E-state index contributed by atoms with van der Waals surface area (Å²) in [7, 11) is 0. The van der Waals surface area contributed by atoms with Gasteiger partial charge in [-0.2, -0.15) is 4.52 Å². The van der Waals surface area contributed by atoms with Crippen molar-refractivity contribution < 1.29 is 4.79 Å². The average Bonchev–Trinajstić information content (AvgIpc) is 3.25. The molecule has 0 unspecified atom stereocenters. The monoisotopic (exact) mass is 363 g/mol. The number of anilines is 5. The zero-order valence-electron chi connectivity index (χ0n) is 14.9. The van der Waals surface area contributed by atoms with Crippen molar-refractivity contribution in [2.75, 3.05) is 27.8 Å². The first-order chi connectivity index (χ1) is 13.2. The van der Waals surface area contributed by atoms with Crippen molar-refractivity contribution in [2.24, 2.45) is 0 Å². The Morgan fingerprint density at radius 1 is 1.22 bits per heavy atom. The Labute approximate surface area is 156 Å². The predicted molar refractivity (Wildman–Crippen MR) is 105 cm³/mol. The standard InChI is InChI=1S/C19H21N7O/c20-16-11-21-19-15(22-12-6-7-12)10-17(24-26(16)19)23-13-3-1-4-14(9-13)25-8-2-5-18(25)27/h1,3-4,9-12,22H,2,5-8,20H2,(H,23,24). The third-order valence-corrected chi connectivity index (χ3v) is 4.93. The molecular formula is C19H21N7O. The summed E-state index contributed by atoms with van der Waals surface area (Å²) in [6.07, 6.45) is 5.47. The Kier molecular flexibility index (Phi) is 3.63. The van der Waals surface area contributed by atoms with Crippen LogP contribution >= 0.6 is 0 Å². The first-order valence-corrected chi connectivity index (χ1v) is 9.25. The second kappa shape index (κ2) is 6.15. The lowest BCUT2D eigenvalue weighted by molar-refractivity contribution is -0.117. The highest BCUT2D eigenvalue weighted by Gasteiger charge is 2.24. The van der Waals surface area contributed by atoms with Crippen molar-refractivity contribution in [1.29, 1.82) is 0 Å². The lowest BCUT2D eigenvalue weighted by Gasteiger charge is -2.17. The molecule has 2 aliphatic rings. The number of fused-ring (bicyclic) bond motifs is 1. The third-order valence-electron chi connectivity index (χ3n) is 4.93. The second-order valence-corrected chi connectivity index (χ2v) is 7.10. The number of carbonyl (C=O) groups excluding carboxylic acids is 1. The van der Waals surface area contributed by atoms with E-state index in [1.54, 1.807) is 10.7 Å². The normalized spacial score (nSPS) is 16.9. The van der Waals surface area contributed by atoms with Crippen molar-refractivity contribution in [2.45, 2.75) is 31.7 Å². The van der Waals surface area contributed by atoms with Gasteiger partial charge in [0.25, 0.3) is 0 Å². The molecule has 1 saturated heterocycles. The van der Waals surface area contributed by atoms with E-state index < -0.39 is 0 Å². The van der Waals surface area contributed by atoms with Crippen LogP contribution in [0.15, 0.2) is 36.5 Å². The molecule has 0 spiro atoms. The lowest BCUT2D eigenvalue weighted by Crippen LogP contribution is -2.23. The molecule has 5 rings (SSSR count). The molecule has 27 heavy (non-hydrogen) atoms. The van der Waals surface area contributed by atoms with Crippen LogP contribution < -0.4 is 21.3 Å². The number of benzene rings is 1. The number of nitrogens with zero attached hydrogens (tertiary/aromatic N) is 4. The molecular weight excluding hydrogens is 342 g/mol. The van der Waals surface area contributed by atoms with Crippen LogP contribution in [0.25, 0.3) is 5.65 Å². The number of hydrogen-bond acceptors (Lipinski definition) is 6. The van der Waals surface area contributed by atoms with Crippen LogP contribution in [-0.4, -0.2) is 33.1 Å². The van der Waals surface area contributed by atoms with Crippen LogP contribution in [0.3, 0.4) is 0 Å². The van der Waals surface area contributed by atoms with Gasteiger partial charge in [0.1, 0.15) is 5.82 Å². The smallest absolute Gasteiger partial charge is 0.227 e. The molecule has 1 saturated carbocycles. The van der Waals surface area contributed by atoms with E-state index in [4.69, 9.17) is 5.73 Å². The van der Waals surface area contributed by atoms with E-state index in [-0.39, 0.29) is 5.91 Å². The van der Waals surface area contributed by atoms with Gasteiger partial charge in [-0.05, 0) is 37.5 Å². The van der Waals surface area contributed by atoms with E-state index in [1.807, 2.05) is 35.2 Å². The van der Waals surface area contributed by atoms with E-state index >= 15 is 0 Å². The number of hydrogen-bond donors (Lipinski definition) is 3. The highest BCUT2D eigenvalue weighted by Crippen LogP contribution is 2.30. The molecule has 138 valence electrons. The van der Waals surface area contributed by atoms with E-state index in [0.717, 1.165) is 35.7 Å². The summed E-state index contributed by atoms with van der Waals surface area (Å²) in [4.78, 5) is 18.2. The van der Waals surface area contributed by atoms with E-state index in [2.05, 4.69) is 20.7 Å². The maximum absolute atomic E-state index is 12.0. The average molecular weight is 363 g/mol. The number of rotatable bonds is 5. The molecule has 2 fully saturated rings. The van der Waals surface area contributed by atoms with Crippen LogP contribution in [0.2, 0.25) is 0 Å². The van der Waals surface area contributed by atoms with Gasteiger partial charge in [0.05, 0.1) is 11.9 Å². The maximum atomic E-state index is 12.0. The summed E-state index contributed by atoms with van der Waals surface area (Å²) in [5.74, 6) is 1.33. The van der Waals surface area contributed by atoms with E-state index in [0.29, 0.717) is 24.1 Å². The van der Waals surface area contributed by atoms with Gasteiger partial charge >= 0.3 is 0 Å². The van der Waals surface area contributed by atoms with E-state index in [9.17, 15) is 4.79 Å². The number of nitrogen functional groups attached to an aromatic ring is 1. The van der Waals surface area contributed by atoms with Gasteiger partial charge in [-0.25, -0.2) is 4.98 Å². The SMILES string of the molecule is Nc1cnc2c(NC3CC3)cc(Nc3cccc(N4CCCC4=O)c3)nn12. The molecule has 4 N–H and O–H groups in total. The number of nitrogens with one attached hydrogen (secondary N) is 2. The molecule has 0 radical (unpaired) electrons. The number of amides is 1. The number of aromatic nitrogens is 3. The molecule has 2 aromatic heterocycles. The topological polar surface area (TPSA) is 101 Å². The van der Waals surface area contributed by atoms with Gasteiger partial charge < -0.3 is 21.3 Å². The Balaban J connectivity index is 1.47. The Hall–Kier alpha value is -3.29. The van der Waals surface area contributed by atoms with Crippen molar-refractivity contribution in [3.8, 4) is 0 Å². The fourth-order valence-electron chi connectivity index (χ4n) is 3.42. The molecule has 3 aromatic rings. The molecule has 0 atom stereocenters. The summed E-state index contributed by atoms with van der Waals surface area (Å²) in [6.45, 7) is 0.771. The molecule has 1 amide bonds. The zero-order chi connectivity index (χ0) is 18.4. The van der Waals surface area contributed by atoms with Crippen molar-refractivity contribution in [3.63, 3.8) is 0 Å². The van der Waals surface area contributed by atoms with Gasteiger partial charge in [0.2, 0.25) is 5.91 Å². The van der Waals surface area contributed by atoms with E-state index in [1.165, 1.54) is 12.8 Å². The van der Waals surface area contributed by atoms with Crippen LogP contribution in [0.5, 0.6) is 0 Å². The molecule has 1 aliphatic heterocycles. The van der Waals surface area contributed by atoms with Crippen LogP contribution in [0.1, 0.15) is 25.7 Å². The Morgan fingerprint density at radius 3 is 2.89 bits per heavy atom. The summed E-state index contributed by atoms with van der Waals surface area (Å²) in [5.41, 5.74) is 9.43. The fourth-order valence-corrected chi connectivity index (χ4v) is 3.42. The Bertz CT molecular complexity index is 1020. The summed E-state index contributed by atoms with van der Waals surface area (Å²) >= 11 is 0. The number of carbonyl (C=O) groups is 1. The molecule has 8 nitrogen and oxygen atoms in total. The highest BCUT2D eigenvalue weighted by atomic mass is 16.2. The number of imidazole rings is 1. The first-order valence-electron chi connectivity index (χ1n) is 9.25. The molecule has 3 heterocycles. The van der Waals surface area contributed by atoms with Crippen molar-refractivity contribution in [3.05, 3.63) is 36.5 Å². The third kappa shape index (κ3) is 3.03. The molecule has 8 heteroatoms. The van der Waals surface area contributed by atoms with Gasteiger partial charge in [0, 0.05) is 36.4 Å². The van der Waals surface area contributed by atoms with Crippen molar-refractivity contribution >= 4 is 40.3 Å². The van der Waals surface area contributed by atoms with Crippen LogP contribution in [-0.2, 0) is 4.79 Å². The predicted octanol–water partition coefficient (Wildman–Crippen LogP) is 2.76. The van der Waals surface area contributed by atoms with Gasteiger partial charge in [0.15, 0.2) is 11.5 Å². The largest absolute Gasteiger partial charge is 0.382 e. The quantitative estimate of drug-likeness (QED) is 0.644. The fraction of sp³-hybridized carbons (Fsp3) is 0.316. The van der Waals surface area contributed by atoms with Gasteiger partial charge in [-0.3, -0.25) is 4.79 Å². The minimum Gasteiger partial charge on any atom is -0.382 e.